The molecule has 2 bridgehead atoms. The van der Waals surface area contributed by atoms with Gasteiger partial charge in [-0.1, -0.05) is 19.9 Å². The molecule has 0 radical (unpaired) electrons. The van der Waals surface area contributed by atoms with Crippen molar-refractivity contribution >= 4 is 23.6 Å². The molecule has 3 aliphatic heterocycles. The van der Waals surface area contributed by atoms with E-state index in [0.717, 1.165) is 18.4 Å². The van der Waals surface area contributed by atoms with Gasteiger partial charge in [0.2, 0.25) is 11.9 Å². The second-order valence-electron chi connectivity index (χ2n) is 12.1. The number of piperidine rings is 1. The molecule has 2 aromatic rings. The molecule has 3 saturated heterocycles. The smallest absolute Gasteiger partial charge is 0.422 e. The lowest BCUT2D eigenvalue weighted by Crippen LogP contribution is -2.50. The van der Waals surface area contributed by atoms with Gasteiger partial charge in [-0.3, -0.25) is 4.79 Å². The van der Waals surface area contributed by atoms with Gasteiger partial charge in [-0.2, -0.15) is 32.8 Å². The quantitative estimate of drug-likeness (QED) is 0.427. The van der Waals surface area contributed by atoms with E-state index in [1.165, 1.54) is 4.52 Å². The summed E-state index contributed by atoms with van der Waals surface area (Å²) in [5, 5.41) is 7.73. The van der Waals surface area contributed by atoms with Gasteiger partial charge in [0.1, 0.15) is 6.10 Å². The lowest BCUT2D eigenvalue weighted by atomic mass is 9.98. The number of alkyl halides is 3. The van der Waals surface area contributed by atoms with E-state index >= 15 is 0 Å². The molecule has 3 unspecified atom stereocenters. The summed E-state index contributed by atoms with van der Waals surface area (Å²) in [6.07, 6.45) is 3.22. The number of aromatic nitrogens is 4. The number of hydrogen-bond acceptors (Lipinski definition) is 9. The van der Waals surface area contributed by atoms with Gasteiger partial charge in [0, 0.05) is 49.3 Å². The number of hydrogen-bond donors (Lipinski definition) is 1. The maximum absolute atomic E-state index is 13.3. The largest absolute Gasteiger partial charge is 0.454 e. The number of likely N-dealkylation sites (N-methyl/N-ethyl adjacent to an activating group) is 1. The molecule has 5 heterocycles. The monoisotopic (exact) mass is 608 g/mol. The molecule has 0 aromatic carbocycles. The Labute approximate surface area is 248 Å². The van der Waals surface area contributed by atoms with E-state index in [1.54, 1.807) is 17.2 Å². The number of amides is 2. The number of halogens is 3. The van der Waals surface area contributed by atoms with Gasteiger partial charge in [-0.05, 0) is 45.7 Å². The van der Waals surface area contributed by atoms with Gasteiger partial charge < -0.3 is 29.5 Å². The number of fused-ring (bicyclic) bond motifs is 3. The fourth-order valence-electron chi connectivity index (χ4n) is 6.06. The Morgan fingerprint density at radius 3 is 2.53 bits per heavy atom. The first-order chi connectivity index (χ1) is 20.4. The lowest BCUT2D eigenvalue weighted by Gasteiger charge is -2.39. The van der Waals surface area contributed by atoms with Gasteiger partial charge in [0.25, 0.3) is 0 Å². The summed E-state index contributed by atoms with van der Waals surface area (Å²) in [5.41, 5.74) is 1.14. The Hall–Kier alpha value is -3.62. The van der Waals surface area contributed by atoms with Crippen LogP contribution in [0.5, 0.6) is 6.01 Å². The molecule has 43 heavy (non-hydrogen) atoms. The normalized spacial score (nSPS) is 24.1. The summed E-state index contributed by atoms with van der Waals surface area (Å²) < 4.78 is 50.8. The highest BCUT2D eigenvalue weighted by atomic mass is 19.4. The summed E-state index contributed by atoms with van der Waals surface area (Å²) in [7, 11) is 3.85. The number of anilines is 1. The van der Waals surface area contributed by atoms with Crippen molar-refractivity contribution in [1.82, 2.24) is 34.3 Å². The van der Waals surface area contributed by atoms with Gasteiger partial charge in [0.15, 0.2) is 12.3 Å². The molecule has 1 N–H and O–H groups in total. The van der Waals surface area contributed by atoms with E-state index < -0.39 is 12.8 Å². The molecule has 5 rings (SSSR count). The fraction of sp³-hybridized carbons (Fsp3) is 0.679. The van der Waals surface area contributed by atoms with Crippen LogP contribution in [0.1, 0.15) is 57.4 Å². The first kappa shape index (κ1) is 30.8. The maximum Gasteiger partial charge on any atom is 0.422 e. The van der Waals surface area contributed by atoms with Gasteiger partial charge in [-0.15, -0.1) is 0 Å². The molecule has 0 saturated carbocycles. The zero-order chi connectivity index (χ0) is 30.9. The zero-order valence-corrected chi connectivity index (χ0v) is 24.9. The van der Waals surface area contributed by atoms with Crippen LogP contribution in [0.25, 0.3) is 5.65 Å². The van der Waals surface area contributed by atoms with Gasteiger partial charge in [-0.25, -0.2) is 4.79 Å². The summed E-state index contributed by atoms with van der Waals surface area (Å²) in [6.45, 7) is 3.96. The Bertz CT molecular complexity index is 1330. The maximum atomic E-state index is 13.3. The van der Waals surface area contributed by atoms with Crippen LogP contribution in [0.2, 0.25) is 0 Å². The predicted octanol–water partition coefficient (Wildman–Crippen LogP) is 3.45. The van der Waals surface area contributed by atoms with Crippen molar-refractivity contribution in [3.05, 3.63) is 23.9 Å². The molecule has 2 amide bonds. The highest BCUT2D eigenvalue weighted by molar-refractivity contribution is 5.87. The molecule has 236 valence electrons. The Kier molecular flexibility index (Phi) is 8.99. The summed E-state index contributed by atoms with van der Waals surface area (Å²) in [5.74, 6) is 0.186. The van der Waals surface area contributed by atoms with Crippen LogP contribution in [-0.2, 0) is 9.53 Å². The molecule has 12 nitrogen and oxygen atoms in total. The standard InChI is InChI=1S/C28H39F3N8O4/c1-17(2)22-14-32-39-24(22)34-26(42-16-28(29,30)31)35-25(39)33-18-12-19-7-8-20(13-18)38(19)27(41)43-21-9-11-37(15-21)23(40)6-5-10-36(3)4/h5-6,14,17-21H,7-13,15-16H2,1-4H3,(H,33,34,35)/b6-5+. The average molecular weight is 609 g/mol. The third-order valence-electron chi connectivity index (χ3n) is 8.09. The Morgan fingerprint density at radius 1 is 1.16 bits per heavy atom. The Morgan fingerprint density at radius 2 is 1.88 bits per heavy atom. The Balaban J connectivity index is 1.22. The number of nitrogens with zero attached hydrogens (tertiary/aromatic N) is 7. The van der Waals surface area contributed by atoms with Crippen molar-refractivity contribution in [2.45, 2.75) is 82.3 Å². The van der Waals surface area contributed by atoms with E-state index in [-0.39, 0.29) is 54.1 Å². The van der Waals surface area contributed by atoms with Gasteiger partial charge in [0.05, 0.1) is 12.7 Å². The molecule has 3 fully saturated rings. The third-order valence-corrected chi connectivity index (χ3v) is 8.09. The summed E-state index contributed by atoms with van der Waals surface area (Å²) in [4.78, 5) is 39.6. The van der Waals surface area contributed by atoms with Gasteiger partial charge >= 0.3 is 18.3 Å². The van der Waals surface area contributed by atoms with Crippen LogP contribution in [-0.4, -0.2) is 117 Å². The topological polar surface area (TPSA) is 117 Å². The zero-order valence-electron chi connectivity index (χ0n) is 24.9. The summed E-state index contributed by atoms with van der Waals surface area (Å²) >= 11 is 0. The first-order valence-electron chi connectivity index (χ1n) is 14.7. The average Bonchev–Trinajstić information content (AvgIpc) is 3.63. The number of carbonyl (C=O) groups is 2. The van der Waals surface area contributed by atoms with Crippen LogP contribution < -0.4 is 10.1 Å². The van der Waals surface area contributed by atoms with E-state index in [2.05, 4.69) is 20.4 Å². The molecule has 2 aromatic heterocycles. The fourth-order valence-corrected chi connectivity index (χ4v) is 6.06. The lowest BCUT2D eigenvalue weighted by molar-refractivity contribution is -0.154. The molecular weight excluding hydrogens is 569 g/mol. The molecule has 3 atom stereocenters. The number of rotatable bonds is 9. The SMILES string of the molecule is CC(C)c1cnn2c(NC3CC4CCC(C3)N4C(=O)OC3CCN(C(=O)/C=C/CN(C)C)C3)nc(OCC(F)(F)F)nc12. The molecule has 0 aliphatic carbocycles. The van der Waals surface area contributed by atoms with Crippen LogP contribution >= 0.6 is 0 Å². The van der Waals surface area contributed by atoms with Crippen LogP contribution in [0.4, 0.5) is 23.9 Å². The van der Waals surface area contributed by atoms with Crippen molar-refractivity contribution in [2.24, 2.45) is 0 Å². The molecule has 3 aliphatic rings. The minimum absolute atomic E-state index is 0.0328. The molecule has 0 spiro atoms. The highest BCUT2D eigenvalue weighted by Crippen LogP contribution is 2.38. The highest BCUT2D eigenvalue weighted by Gasteiger charge is 2.45. The van der Waals surface area contributed by atoms with E-state index in [1.807, 2.05) is 43.8 Å². The van der Waals surface area contributed by atoms with E-state index in [9.17, 15) is 22.8 Å². The molecular formula is C28H39F3N8O4. The van der Waals surface area contributed by atoms with Crippen molar-refractivity contribution in [1.29, 1.82) is 0 Å². The first-order valence-corrected chi connectivity index (χ1v) is 14.7. The van der Waals surface area contributed by atoms with Crippen LogP contribution in [0, 0.1) is 0 Å². The second kappa shape index (κ2) is 12.5. The van der Waals surface area contributed by atoms with Crippen molar-refractivity contribution in [3.8, 4) is 6.01 Å². The van der Waals surface area contributed by atoms with Crippen molar-refractivity contribution in [3.63, 3.8) is 0 Å². The number of carbonyl (C=O) groups excluding carboxylic acids is 2. The number of likely N-dealkylation sites (tertiary alicyclic amines) is 1. The van der Waals surface area contributed by atoms with Crippen LogP contribution in [0.15, 0.2) is 18.3 Å². The predicted molar refractivity (Wildman–Crippen MR) is 151 cm³/mol. The molecule has 15 heteroatoms. The number of ether oxygens (including phenoxy) is 2. The second-order valence-corrected chi connectivity index (χ2v) is 12.1. The third kappa shape index (κ3) is 7.31. The minimum atomic E-state index is -4.53. The van der Waals surface area contributed by atoms with E-state index in [0.29, 0.717) is 44.5 Å². The van der Waals surface area contributed by atoms with Crippen molar-refractivity contribution < 1.29 is 32.2 Å². The van der Waals surface area contributed by atoms with E-state index in [4.69, 9.17) is 9.47 Å². The minimum Gasteiger partial charge on any atom is -0.454 e. The summed E-state index contributed by atoms with van der Waals surface area (Å²) in [6, 6.07) is -0.593. The van der Waals surface area contributed by atoms with Crippen molar-refractivity contribution in [2.75, 3.05) is 45.7 Å². The van der Waals surface area contributed by atoms with Crippen LogP contribution in [0.3, 0.4) is 0 Å². The number of nitrogens with one attached hydrogen (secondary N) is 1.